The molecule has 1 aromatic rings. The van der Waals surface area contributed by atoms with Crippen molar-refractivity contribution in [2.24, 2.45) is 5.73 Å². The Bertz CT molecular complexity index is 394. The SMILES string of the molecule is CCCc1cc(C(C)(C)O)ncc1C(N)=O. The number of aromatic nitrogens is 1. The monoisotopic (exact) mass is 222 g/mol. The molecule has 4 heteroatoms. The fourth-order valence-corrected chi connectivity index (χ4v) is 1.53. The highest BCUT2D eigenvalue weighted by atomic mass is 16.3. The Labute approximate surface area is 95.5 Å². The van der Waals surface area contributed by atoms with E-state index in [2.05, 4.69) is 4.98 Å². The summed E-state index contributed by atoms with van der Waals surface area (Å²) >= 11 is 0. The molecule has 88 valence electrons. The van der Waals surface area contributed by atoms with E-state index < -0.39 is 11.5 Å². The first-order valence-corrected chi connectivity index (χ1v) is 5.37. The number of nitrogens with two attached hydrogens (primary N) is 1. The summed E-state index contributed by atoms with van der Waals surface area (Å²) in [5.74, 6) is -0.474. The molecular formula is C12H18N2O2. The van der Waals surface area contributed by atoms with Crippen LogP contribution in [-0.4, -0.2) is 16.0 Å². The third-order valence-corrected chi connectivity index (χ3v) is 2.40. The first-order valence-electron chi connectivity index (χ1n) is 5.37. The minimum Gasteiger partial charge on any atom is -0.384 e. The van der Waals surface area contributed by atoms with Gasteiger partial charge < -0.3 is 10.8 Å². The van der Waals surface area contributed by atoms with Crippen molar-refractivity contribution in [3.8, 4) is 0 Å². The third kappa shape index (κ3) is 2.79. The molecule has 1 amide bonds. The number of primary amides is 1. The average molecular weight is 222 g/mol. The van der Waals surface area contributed by atoms with E-state index in [0.29, 0.717) is 11.3 Å². The molecule has 3 N–H and O–H groups in total. The lowest BCUT2D eigenvalue weighted by atomic mass is 9.98. The Balaban J connectivity index is 3.22. The minimum absolute atomic E-state index is 0.440. The Morgan fingerprint density at radius 2 is 2.19 bits per heavy atom. The summed E-state index contributed by atoms with van der Waals surface area (Å²) in [4.78, 5) is 15.2. The molecule has 0 aliphatic heterocycles. The van der Waals surface area contributed by atoms with E-state index in [0.717, 1.165) is 18.4 Å². The van der Waals surface area contributed by atoms with Crippen molar-refractivity contribution in [1.29, 1.82) is 0 Å². The largest absolute Gasteiger partial charge is 0.384 e. The fraction of sp³-hybridized carbons (Fsp3) is 0.500. The zero-order valence-electron chi connectivity index (χ0n) is 9.95. The number of carbonyl (C=O) groups excluding carboxylic acids is 1. The number of nitrogens with zero attached hydrogens (tertiary/aromatic N) is 1. The molecule has 0 bridgehead atoms. The van der Waals surface area contributed by atoms with Crippen molar-refractivity contribution in [1.82, 2.24) is 4.98 Å². The van der Waals surface area contributed by atoms with Crippen LogP contribution in [0.2, 0.25) is 0 Å². The lowest BCUT2D eigenvalue weighted by Crippen LogP contribution is -2.20. The first kappa shape index (κ1) is 12.6. The molecule has 0 radical (unpaired) electrons. The summed E-state index contributed by atoms with van der Waals surface area (Å²) in [5.41, 5.74) is 6.11. The van der Waals surface area contributed by atoms with Crippen molar-refractivity contribution in [3.05, 3.63) is 29.1 Å². The predicted octanol–water partition coefficient (Wildman–Crippen LogP) is 1.36. The first-order chi connectivity index (χ1) is 7.36. The molecule has 0 atom stereocenters. The predicted molar refractivity (Wildman–Crippen MR) is 62.0 cm³/mol. The smallest absolute Gasteiger partial charge is 0.250 e. The molecule has 1 rings (SSSR count). The Kier molecular flexibility index (Phi) is 3.65. The summed E-state index contributed by atoms with van der Waals surface area (Å²) < 4.78 is 0. The molecule has 0 unspecified atom stereocenters. The van der Waals surface area contributed by atoms with Crippen LogP contribution in [0.15, 0.2) is 12.3 Å². The standard InChI is InChI=1S/C12H18N2O2/c1-4-5-8-6-10(12(2,3)16)14-7-9(8)11(13)15/h6-7,16H,4-5H2,1-3H3,(H2,13,15). The van der Waals surface area contributed by atoms with E-state index in [4.69, 9.17) is 5.73 Å². The van der Waals surface area contributed by atoms with Gasteiger partial charge in [0.1, 0.15) is 5.60 Å². The van der Waals surface area contributed by atoms with Gasteiger partial charge in [-0.25, -0.2) is 0 Å². The van der Waals surface area contributed by atoms with Crippen molar-refractivity contribution in [2.75, 3.05) is 0 Å². The second kappa shape index (κ2) is 4.61. The minimum atomic E-state index is -1.00. The van der Waals surface area contributed by atoms with Crippen LogP contribution in [0.1, 0.15) is 48.8 Å². The lowest BCUT2D eigenvalue weighted by molar-refractivity contribution is 0.0735. The van der Waals surface area contributed by atoms with Gasteiger partial charge in [0.2, 0.25) is 0 Å². The van der Waals surface area contributed by atoms with Gasteiger partial charge in [-0.15, -0.1) is 0 Å². The molecule has 1 aromatic heterocycles. The quantitative estimate of drug-likeness (QED) is 0.807. The van der Waals surface area contributed by atoms with E-state index in [1.54, 1.807) is 19.9 Å². The van der Waals surface area contributed by atoms with E-state index in [-0.39, 0.29) is 0 Å². The fourth-order valence-electron chi connectivity index (χ4n) is 1.53. The average Bonchev–Trinajstić information content (AvgIpc) is 2.16. The second-order valence-corrected chi connectivity index (χ2v) is 4.40. The van der Waals surface area contributed by atoms with Crippen LogP contribution in [0, 0.1) is 0 Å². The van der Waals surface area contributed by atoms with Crippen molar-refractivity contribution < 1.29 is 9.90 Å². The van der Waals surface area contributed by atoms with Gasteiger partial charge in [0.05, 0.1) is 11.3 Å². The molecule has 0 saturated carbocycles. The van der Waals surface area contributed by atoms with Crippen molar-refractivity contribution >= 4 is 5.91 Å². The molecule has 0 saturated heterocycles. The van der Waals surface area contributed by atoms with E-state index in [9.17, 15) is 9.90 Å². The number of hydrogen-bond acceptors (Lipinski definition) is 3. The van der Waals surface area contributed by atoms with Crippen LogP contribution in [0.25, 0.3) is 0 Å². The van der Waals surface area contributed by atoms with Gasteiger partial charge in [-0.2, -0.15) is 0 Å². The number of aliphatic hydroxyl groups is 1. The van der Waals surface area contributed by atoms with Gasteiger partial charge in [-0.1, -0.05) is 13.3 Å². The maximum absolute atomic E-state index is 11.2. The molecule has 16 heavy (non-hydrogen) atoms. The summed E-state index contributed by atoms with van der Waals surface area (Å²) in [7, 11) is 0. The maximum Gasteiger partial charge on any atom is 0.250 e. The lowest BCUT2D eigenvalue weighted by Gasteiger charge is -2.18. The van der Waals surface area contributed by atoms with Crippen LogP contribution >= 0.6 is 0 Å². The molecule has 0 fully saturated rings. The number of hydrogen-bond donors (Lipinski definition) is 2. The van der Waals surface area contributed by atoms with Gasteiger partial charge >= 0.3 is 0 Å². The number of pyridine rings is 1. The third-order valence-electron chi connectivity index (χ3n) is 2.40. The molecule has 0 aliphatic rings. The van der Waals surface area contributed by atoms with Crippen LogP contribution in [0.5, 0.6) is 0 Å². The second-order valence-electron chi connectivity index (χ2n) is 4.40. The van der Waals surface area contributed by atoms with Crippen molar-refractivity contribution in [3.63, 3.8) is 0 Å². The van der Waals surface area contributed by atoms with Crippen LogP contribution in [0.3, 0.4) is 0 Å². The van der Waals surface area contributed by atoms with E-state index >= 15 is 0 Å². The molecule has 0 aliphatic carbocycles. The van der Waals surface area contributed by atoms with E-state index in [1.165, 1.54) is 6.20 Å². The normalized spacial score (nSPS) is 11.5. The van der Waals surface area contributed by atoms with Gasteiger partial charge in [0.25, 0.3) is 5.91 Å². The molecule has 0 spiro atoms. The number of amides is 1. The van der Waals surface area contributed by atoms with Crippen LogP contribution < -0.4 is 5.73 Å². The summed E-state index contributed by atoms with van der Waals surface area (Å²) in [6.45, 7) is 5.35. The van der Waals surface area contributed by atoms with Crippen molar-refractivity contribution in [2.45, 2.75) is 39.2 Å². The van der Waals surface area contributed by atoms with Gasteiger partial charge in [0.15, 0.2) is 0 Å². The number of rotatable bonds is 4. The molecule has 1 heterocycles. The highest BCUT2D eigenvalue weighted by molar-refractivity contribution is 5.94. The number of aryl methyl sites for hydroxylation is 1. The van der Waals surface area contributed by atoms with Gasteiger partial charge in [-0.3, -0.25) is 9.78 Å². The Hall–Kier alpha value is -1.42. The highest BCUT2D eigenvalue weighted by Crippen LogP contribution is 2.20. The Morgan fingerprint density at radius 3 is 2.62 bits per heavy atom. The zero-order valence-corrected chi connectivity index (χ0v) is 9.95. The van der Waals surface area contributed by atoms with Gasteiger partial charge in [0, 0.05) is 6.20 Å². The topological polar surface area (TPSA) is 76.2 Å². The summed E-state index contributed by atoms with van der Waals surface area (Å²) in [6, 6.07) is 1.75. The molecular weight excluding hydrogens is 204 g/mol. The molecule has 0 aromatic carbocycles. The summed E-state index contributed by atoms with van der Waals surface area (Å²) in [6.07, 6.45) is 3.11. The number of carbonyl (C=O) groups is 1. The highest BCUT2D eigenvalue weighted by Gasteiger charge is 2.20. The summed E-state index contributed by atoms with van der Waals surface area (Å²) in [5, 5.41) is 9.83. The van der Waals surface area contributed by atoms with E-state index in [1.807, 2.05) is 6.92 Å². The molecule has 4 nitrogen and oxygen atoms in total. The van der Waals surface area contributed by atoms with Crippen LogP contribution in [0.4, 0.5) is 0 Å². The maximum atomic E-state index is 11.2. The van der Waals surface area contributed by atoms with Gasteiger partial charge in [-0.05, 0) is 31.9 Å². The van der Waals surface area contributed by atoms with Crippen LogP contribution in [-0.2, 0) is 12.0 Å². The zero-order chi connectivity index (χ0) is 12.3. The Morgan fingerprint density at radius 1 is 1.56 bits per heavy atom.